The summed E-state index contributed by atoms with van der Waals surface area (Å²) in [5.74, 6) is 6.47. The van der Waals surface area contributed by atoms with Crippen LogP contribution in [-0.2, 0) is 9.53 Å². The lowest BCUT2D eigenvalue weighted by Gasteiger charge is -2.13. The van der Waals surface area contributed by atoms with E-state index >= 15 is 0 Å². The topological polar surface area (TPSA) is 26.3 Å². The third-order valence-electron chi connectivity index (χ3n) is 5.00. The Labute approximate surface area is 163 Å². The third-order valence-corrected chi connectivity index (χ3v) is 5.00. The summed E-state index contributed by atoms with van der Waals surface area (Å²) >= 11 is 0. The summed E-state index contributed by atoms with van der Waals surface area (Å²) in [5, 5.41) is 0. The first-order valence-corrected chi connectivity index (χ1v) is 11.4. The smallest absolute Gasteiger partial charge is 0.293 e. The highest BCUT2D eigenvalue weighted by molar-refractivity contribution is 5.37. The van der Waals surface area contributed by atoms with Crippen LogP contribution < -0.4 is 0 Å². The molecule has 2 nitrogen and oxygen atoms in total. The number of ether oxygens (including phenoxy) is 1. The Morgan fingerprint density at radius 2 is 1.15 bits per heavy atom. The average Bonchev–Trinajstić information content (AvgIpc) is 2.65. The summed E-state index contributed by atoms with van der Waals surface area (Å²) < 4.78 is 5.23. The number of unbranched alkanes of at least 4 members (excludes halogenated alkanes) is 13. The maximum absolute atomic E-state index is 10.7. The van der Waals surface area contributed by atoms with E-state index in [1.54, 1.807) is 0 Å². The van der Waals surface area contributed by atoms with Gasteiger partial charge in [0.2, 0.25) is 0 Å². The normalized spacial score (nSPS) is 11.6. The van der Waals surface area contributed by atoms with Gasteiger partial charge in [0.05, 0.1) is 0 Å². The lowest BCUT2D eigenvalue weighted by atomic mass is 10.0. The Morgan fingerprint density at radius 3 is 1.73 bits per heavy atom. The molecular weight excluding hydrogens is 320 g/mol. The van der Waals surface area contributed by atoms with Gasteiger partial charge in [0.25, 0.3) is 6.47 Å². The van der Waals surface area contributed by atoms with Crippen molar-refractivity contribution in [3.8, 4) is 11.8 Å². The summed E-state index contributed by atoms with van der Waals surface area (Å²) in [6, 6.07) is 0. The van der Waals surface area contributed by atoms with Gasteiger partial charge in [-0.1, -0.05) is 90.9 Å². The van der Waals surface area contributed by atoms with Crippen LogP contribution in [0.5, 0.6) is 0 Å². The van der Waals surface area contributed by atoms with Crippen LogP contribution in [0.15, 0.2) is 0 Å². The predicted octanol–water partition coefficient (Wildman–Crippen LogP) is 7.59. The van der Waals surface area contributed by atoms with Crippen molar-refractivity contribution in [1.29, 1.82) is 0 Å². The Balaban J connectivity index is 3.52. The second kappa shape index (κ2) is 22.1. The molecule has 0 rings (SSSR count). The lowest BCUT2D eigenvalue weighted by molar-refractivity contribution is -0.134. The summed E-state index contributed by atoms with van der Waals surface area (Å²) in [7, 11) is 0. The second-order valence-electron chi connectivity index (χ2n) is 7.53. The van der Waals surface area contributed by atoms with Crippen molar-refractivity contribution in [2.45, 2.75) is 136 Å². The minimum absolute atomic E-state index is 0.0657. The average molecular weight is 365 g/mol. The highest BCUT2D eigenvalue weighted by Crippen LogP contribution is 2.15. The zero-order valence-electron chi connectivity index (χ0n) is 17.7. The van der Waals surface area contributed by atoms with E-state index in [1.165, 1.54) is 89.9 Å². The molecule has 0 saturated carbocycles. The van der Waals surface area contributed by atoms with Crippen LogP contribution in [0.2, 0.25) is 0 Å². The first-order valence-electron chi connectivity index (χ1n) is 11.4. The summed E-state index contributed by atoms with van der Waals surface area (Å²) in [6.07, 6.45) is 22.4. The molecule has 152 valence electrons. The van der Waals surface area contributed by atoms with E-state index in [9.17, 15) is 4.79 Å². The number of hydrogen-bond donors (Lipinski definition) is 0. The van der Waals surface area contributed by atoms with E-state index in [4.69, 9.17) is 4.74 Å². The molecule has 2 heteroatoms. The van der Waals surface area contributed by atoms with Crippen molar-refractivity contribution >= 4 is 6.47 Å². The molecule has 0 amide bonds. The zero-order chi connectivity index (χ0) is 19.1. The molecule has 0 aromatic carbocycles. The number of hydrogen-bond acceptors (Lipinski definition) is 2. The van der Waals surface area contributed by atoms with Gasteiger partial charge in [0, 0.05) is 12.8 Å². The van der Waals surface area contributed by atoms with E-state index in [-0.39, 0.29) is 6.10 Å². The van der Waals surface area contributed by atoms with Crippen LogP contribution in [0.4, 0.5) is 0 Å². The van der Waals surface area contributed by atoms with Gasteiger partial charge >= 0.3 is 0 Å². The van der Waals surface area contributed by atoms with Crippen molar-refractivity contribution < 1.29 is 9.53 Å². The van der Waals surface area contributed by atoms with Gasteiger partial charge in [-0.2, -0.15) is 0 Å². The number of carbonyl (C=O) groups excluding carboxylic acids is 1. The minimum atomic E-state index is 0.0657. The van der Waals surface area contributed by atoms with Crippen LogP contribution in [0.25, 0.3) is 0 Å². The molecule has 0 fully saturated rings. The maximum Gasteiger partial charge on any atom is 0.293 e. The minimum Gasteiger partial charge on any atom is -0.465 e. The summed E-state index contributed by atoms with van der Waals surface area (Å²) in [5.41, 5.74) is 0. The highest BCUT2D eigenvalue weighted by atomic mass is 16.5. The van der Waals surface area contributed by atoms with Crippen molar-refractivity contribution in [3.63, 3.8) is 0 Å². The van der Waals surface area contributed by atoms with Gasteiger partial charge in [-0.15, -0.1) is 11.8 Å². The lowest BCUT2D eigenvalue weighted by Crippen LogP contribution is -2.11. The zero-order valence-corrected chi connectivity index (χ0v) is 17.7. The Morgan fingerprint density at radius 1 is 0.654 bits per heavy atom. The summed E-state index contributed by atoms with van der Waals surface area (Å²) in [6.45, 7) is 5.09. The third kappa shape index (κ3) is 19.4. The molecule has 0 saturated heterocycles. The van der Waals surface area contributed by atoms with Gasteiger partial charge in [-0.25, -0.2) is 0 Å². The first-order chi connectivity index (χ1) is 12.8. The van der Waals surface area contributed by atoms with Crippen LogP contribution in [0.1, 0.15) is 129 Å². The standard InChI is InChI=1S/C24H44O2/c1-3-5-7-9-11-12-13-14-16-18-20-22-24(26-23-25)21-19-17-15-10-8-6-4-2/h23-24H,3-14,16,18-22H2,1-2H3/t24-/m1/s1. The molecular formula is C24H44O2. The summed E-state index contributed by atoms with van der Waals surface area (Å²) in [4.78, 5) is 10.7. The molecule has 0 aliphatic rings. The molecule has 0 bridgehead atoms. The molecule has 0 aliphatic carbocycles. The molecule has 0 spiro atoms. The van der Waals surface area contributed by atoms with Gasteiger partial charge in [0.1, 0.15) is 6.10 Å². The van der Waals surface area contributed by atoms with E-state index in [1.807, 2.05) is 0 Å². The van der Waals surface area contributed by atoms with Crippen molar-refractivity contribution in [1.82, 2.24) is 0 Å². The van der Waals surface area contributed by atoms with Crippen LogP contribution in [0.3, 0.4) is 0 Å². The predicted molar refractivity (Wildman–Crippen MR) is 113 cm³/mol. The second-order valence-corrected chi connectivity index (χ2v) is 7.53. The molecule has 0 aromatic rings. The number of rotatable bonds is 19. The molecule has 26 heavy (non-hydrogen) atoms. The maximum atomic E-state index is 10.7. The fourth-order valence-electron chi connectivity index (χ4n) is 3.27. The quantitative estimate of drug-likeness (QED) is 0.134. The Kier molecular flexibility index (Phi) is 21.2. The molecule has 0 aromatic heterocycles. The monoisotopic (exact) mass is 364 g/mol. The van der Waals surface area contributed by atoms with Crippen molar-refractivity contribution in [3.05, 3.63) is 0 Å². The van der Waals surface area contributed by atoms with Gasteiger partial charge < -0.3 is 4.74 Å². The Hall–Kier alpha value is -0.970. The van der Waals surface area contributed by atoms with E-state index in [2.05, 4.69) is 25.7 Å². The Bertz CT molecular complexity index is 340. The van der Waals surface area contributed by atoms with E-state index < -0.39 is 0 Å². The van der Waals surface area contributed by atoms with E-state index in [0.717, 1.165) is 25.7 Å². The first kappa shape index (κ1) is 25.0. The molecule has 0 radical (unpaired) electrons. The molecule has 0 aliphatic heterocycles. The van der Waals surface area contributed by atoms with Crippen LogP contribution in [0, 0.1) is 11.8 Å². The fourth-order valence-corrected chi connectivity index (χ4v) is 3.27. The van der Waals surface area contributed by atoms with Crippen molar-refractivity contribution in [2.75, 3.05) is 0 Å². The molecule has 0 N–H and O–H groups in total. The molecule has 1 atom stereocenters. The van der Waals surface area contributed by atoms with Crippen molar-refractivity contribution in [2.24, 2.45) is 0 Å². The number of carbonyl (C=O) groups is 1. The van der Waals surface area contributed by atoms with Crippen LogP contribution in [-0.4, -0.2) is 12.6 Å². The SMILES string of the molecule is CCCCCC#CCC[C@H](CCCCCCCCCCCCC)OC=O. The van der Waals surface area contributed by atoms with Crippen LogP contribution >= 0.6 is 0 Å². The fraction of sp³-hybridized carbons (Fsp3) is 0.875. The molecule has 0 unspecified atom stereocenters. The highest BCUT2D eigenvalue weighted by Gasteiger charge is 2.07. The van der Waals surface area contributed by atoms with Gasteiger partial charge in [0.15, 0.2) is 0 Å². The van der Waals surface area contributed by atoms with Gasteiger partial charge in [-0.3, -0.25) is 4.79 Å². The van der Waals surface area contributed by atoms with E-state index in [0.29, 0.717) is 6.47 Å². The molecule has 0 heterocycles. The largest absolute Gasteiger partial charge is 0.465 e. The van der Waals surface area contributed by atoms with Gasteiger partial charge in [-0.05, 0) is 25.7 Å².